The lowest BCUT2D eigenvalue weighted by Gasteiger charge is -2.19. The van der Waals surface area contributed by atoms with Gasteiger partial charge in [0.25, 0.3) is 5.91 Å². The highest BCUT2D eigenvalue weighted by molar-refractivity contribution is 6.42. The fourth-order valence-corrected chi connectivity index (χ4v) is 2.42. The molecule has 1 aliphatic rings. The van der Waals surface area contributed by atoms with Gasteiger partial charge in [-0.1, -0.05) is 23.2 Å². The standard InChI is InChI=1S/C13H14Cl2N2O3/c1-16(20-2)12(18)9-5-6-17(13(9)19)8-3-4-10(14)11(15)7-8/h3-4,7,9H,5-6H2,1-2H3/t9-/m1/s1. The van der Waals surface area contributed by atoms with Crippen LogP contribution in [-0.2, 0) is 14.4 Å². The summed E-state index contributed by atoms with van der Waals surface area (Å²) >= 11 is 11.8. The van der Waals surface area contributed by atoms with Crippen molar-refractivity contribution in [3.8, 4) is 0 Å². The lowest BCUT2D eigenvalue weighted by atomic mass is 10.1. The van der Waals surface area contributed by atoms with Crippen molar-refractivity contribution in [1.82, 2.24) is 5.06 Å². The third-order valence-electron chi connectivity index (χ3n) is 3.30. The highest BCUT2D eigenvalue weighted by atomic mass is 35.5. The Bertz CT molecular complexity index is 550. The maximum atomic E-state index is 12.3. The molecule has 2 rings (SSSR count). The molecule has 2 amide bonds. The highest BCUT2D eigenvalue weighted by Crippen LogP contribution is 2.31. The summed E-state index contributed by atoms with van der Waals surface area (Å²) in [5.74, 6) is -1.31. The number of rotatable bonds is 3. The molecule has 0 unspecified atom stereocenters. The Balaban J connectivity index is 2.19. The third kappa shape index (κ3) is 2.75. The van der Waals surface area contributed by atoms with E-state index in [1.54, 1.807) is 18.2 Å². The molecule has 1 atom stereocenters. The summed E-state index contributed by atoms with van der Waals surface area (Å²) in [4.78, 5) is 30.7. The minimum Gasteiger partial charge on any atom is -0.312 e. The minimum atomic E-state index is -0.714. The topological polar surface area (TPSA) is 49.9 Å². The highest BCUT2D eigenvalue weighted by Gasteiger charge is 2.39. The lowest BCUT2D eigenvalue weighted by molar-refractivity contribution is -0.173. The summed E-state index contributed by atoms with van der Waals surface area (Å²) in [6.45, 7) is 0.463. The van der Waals surface area contributed by atoms with E-state index in [4.69, 9.17) is 28.0 Å². The maximum absolute atomic E-state index is 12.3. The van der Waals surface area contributed by atoms with Gasteiger partial charge in [-0.2, -0.15) is 0 Å². The van der Waals surface area contributed by atoms with E-state index in [0.29, 0.717) is 28.7 Å². The third-order valence-corrected chi connectivity index (χ3v) is 4.04. The van der Waals surface area contributed by atoms with Crippen LogP contribution in [0.4, 0.5) is 5.69 Å². The predicted molar refractivity (Wildman–Crippen MR) is 76.7 cm³/mol. The van der Waals surface area contributed by atoms with E-state index in [1.807, 2.05) is 0 Å². The largest absolute Gasteiger partial charge is 0.312 e. The molecule has 1 fully saturated rings. The number of halogens is 2. The Morgan fingerprint density at radius 1 is 1.40 bits per heavy atom. The monoisotopic (exact) mass is 316 g/mol. The fourth-order valence-electron chi connectivity index (χ4n) is 2.13. The van der Waals surface area contributed by atoms with E-state index < -0.39 is 5.92 Å². The number of carbonyl (C=O) groups is 2. The van der Waals surface area contributed by atoms with Gasteiger partial charge in [0.15, 0.2) is 0 Å². The van der Waals surface area contributed by atoms with Crippen molar-refractivity contribution in [1.29, 1.82) is 0 Å². The van der Waals surface area contributed by atoms with Gasteiger partial charge in [-0.15, -0.1) is 0 Å². The molecule has 1 aromatic carbocycles. The number of hydrogen-bond donors (Lipinski definition) is 0. The summed E-state index contributed by atoms with van der Waals surface area (Å²) in [5, 5.41) is 1.87. The second-order valence-corrected chi connectivity index (χ2v) is 5.26. The van der Waals surface area contributed by atoms with Gasteiger partial charge in [0.1, 0.15) is 5.92 Å². The number of hydrogen-bond acceptors (Lipinski definition) is 3. The molecule has 7 heteroatoms. The van der Waals surface area contributed by atoms with Crippen molar-refractivity contribution in [3.63, 3.8) is 0 Å². The van der Waals surface area contributed by atoms with Crippen LogP contribution in [0, 0.1) is 5.92 Å². The van der Waals surface area contributed by atoms with Crippen molar-refractivity contribution in [2.24, 2.45) is 5.92 Å². The van der Waals surface area contributed by atoms with Crippen molar-refractivity contribution >= 4 is 40.7 Å². The Labute approximate surface area is 126 Å². The second kappa shape index (κ2) is 5.99. The van der Waals surface area contributed by atoms with Crippen molar-refractivity contribution in [3.05, 3.63) is 28.2 Å². The number of nitrogens with zero attached hydrogens (tertiary/aromatic N) is 2. The number of amides is 2. The van der Waals surface area contributed by atoms with E-state index in [9.17, 15) is 9.59 Å². The summed E-state index contributed by atoms with van der Waals surface area (Å²) in [5.41, 5.74) is 0.639. The van der Waals surface area contributed by atoms with Gasteiger partial charge >= 0.3 is 0 Å². The minimum absolute atomic E-state index is 0.253. The number of hydroxylamine groups is 2. The number of carbonyl (C=O) groups excluding carboxylic acids is 2. The van der Waals surface area contributed by atoms with Crippen LogP contribution in [0.3, 0.4) is 0 Å². The Kier molecular flexibility index (Phi) is 4.52. The van der Waals surface area contributed by atoms with Crippen LogP contribution < -0.4 is 4.90 Å². The van der Waals surface area contributed by atoms with Crippen LogP contribution >= 0.6 is 23.2 Å². The van der Waals surface area contributed by atoms with Crippen molar-refractivity contribution in [2.75, 3.05) is 25.6 Å². The number of anilines is 1. The molecular weight excluding hydrogens is 303 g/mol. The Morgan fingerprint density at radius 2 is 2.10 bits per heavy atom. The molecular formula is C13H14Cl2N2O3. The van der Waals surface area contributed by atoms with Crippen LogP contribution in [0.5, 0.6) is 0 Å². The van der Waals surface area contributed by atoms with Gasteiger partial charge in [-0.3, -0.25) is 14.4 Å². The molecule has 1 saturated heterocycles. The van der Waals surface area contributed by atoms with Gasteiger partial charge in [0.05, 0.1) is 17.2 Å². The van der Waals surface area contributed by atoms with E-state index >= 15 is 0 Å². The van der Waals surface area contributed by atoms with Crippen LogP contribution in [-0.4, -0.2) is 37.6 Å². The molecule has 0 spiro atoms. The van der Waals surface area contributed by atoms with Gasteiger partial charge in [0, 0.05) is 19.3 Å². The Morgan fingerprint density at radius 3 is 2.70 bits per heavy atom. The van der Waals surface area contributed by atoms with Crippen LogP contribution in [0.2, 0.25) is 10.0 Å². The first-order chi connectivity index (χ1) is 9.45. The van der Waals surface area contributed by atoms with E-state index in [-0.39, 0.29) is 11.8 Å². The zero-order valence-corrected chi connectivity index (χ0v) is 12.6. The average molecular weight is 317 g/mol. The normalized spacial score (nSPS) is 18.5. The van der Waals surface area contributed by atoms with Crippen molar-refractivity contribution < 1.29 is 14.4 Å². The maximum Gasteiger partial charge on any atom is 0.258 e. The van der Waals surface area contributed by atoms with E-state index in [1.165, 1.54) is 19.1 Å². The molecule has 0 aliphatic carbocycles. The summed E-state index contributed by atoms with van der Waals surface area (Å²) < 4.78 is 0. The fraction of sp³-hybridized carbons (Fsp3) is 0.385. The smallest absolute Gasteiger partial charge is 0.258 e. The SMILES string of the molecule is CON(C)C(=O)[C@H]1CCN(c2ccc(Cl)c(Cl)c2)C1=O. The lowest BCUT2D eigenvalue weighted by Crippen LogP contribution is -2.37. The molecule has 0 bridgehead atoms. The van der Waals surface area contributed by atoms with Crippen LogP contribution in [0.1, 0.15) is 6.42 Å². The zero-order chi connectivity index (χ0) is 14.9. The average Bonchev–Trinajstić information content (AvgIpc) is 2.82. The van der Waals surface area contributed by atoms with Crippen molar-refractivity contribution in [2.45, 2.75) is 6.42 Å². The molecule has 20 heavy (non-hydrogen) atoms. The first-order valence-corrected chi connectivity index (χ1v) is 6.79. The quantitative estimate of drug-likeness (QED) is 0.635. The molecule has 0 radical (unpaired) electrons. The van der Waals surface area contributed by atoms with Crippen LogP contribution in [0.25, 0.3) is 0 Å². The van der Waals surface area contributed by atoms with Crippen LogP contribution in [0.15, 0.2) is 18.2 Å². The van der Waals surface area contributed by atoms with Gasteiger partial charge in [-0.25, -0.2) is 5.06 Å². The zero-order valence-electron chi connectivity index (χ0n) is 11.1. The molecule has 1 aromatic rings. The Hall–Kier alpha value is -1.30. The summed E-state index contributed by atoms with van der Waals surface area (Å²) in [7, 11) is 2.87. The summed E-state index contributed by atoms with van der Waals surface area (Å²) in [6.07, 6.45) is 0.450. The molecule has 5 nitrogen and oxygen atoms in total. The summed E-state index contributed by atoms with van der Waals surface area (Å²) in [6, 6.07) is 4.95. The van der Waals surface area contributed by atoms with Gasteiger partial charge in [0.2, 0.25) is 5.91 Å². The molecule has 0 aromatic heterocycles. The van der Waals surface area contributed by atoms with E-state index in [2.05, 4.69) is 0 Å². The second-order valence-electron chi connectivity index (χ2n) is 4.45. The van der Waals surface area contributed by atoms with Gasteiger partial charge < -0.3 is 4.90 Å². The molecule has 108 valence electrons. The molecule has 0 saturated carbocycles. The first-order valence-electron chi connectivity index (χ1n) is 6.03. The first kappa shape index (κ1) is 15.1. The predicted octanol–water partition coefficient (Wildman–Crippen LogP) is 2.37. The van der Waals surface area contributed by atoms with E-state index in [0.717, 1.165) is 5.06 Å². The molecule has 0 N–H and O–H groups in total. The molecule has 1 heterocycles. The molecule has 1 aliphatic heterocycles. The number of benzene rings is 1. The van der Waals surface area contributed by atoms with Gasteiger partial charge in [-0.05, 0) is 24.6 Å².